The summed E-state index contributed by atoms with van der Waals surface area (Å²) in [5.41, 5.74) is 8.22. The first kappa shape index (κ1) is 10.6. The van der Waals surface area contributed by atoms with Crippen LogP contribution in [0, 0.1) is 0 Å². The van der Waals surface area contributed by atoms with Crippen LogP contribution in [0.15, 0.2) is 18.5 Å². The van der Waals surface area contributed by atoms with Gasteiger partial charge in [-0.05, 0) is 43.1 Å². The van der Waals surface area contributed by atoms with Crippen LogP contribution >= 0.6 is 0 Å². The van der Waals surface area contributed by atoms with Crippen LogP contribution in [0.3, 0.4) is 0 Å². The molecular formula is C12H19N3. The summed E-state index contributed by atoms with van der Waals surface area (Å²) in [6, 6.07) is 2.09. The lowest BCUT2D eigenvalue weighted by Gasteiger charge is -2.27. The second-order valence-electron chi connectivity index (χ2n) is 4.19. The predicted molar refractivity (Wildman–Crippen MR) is 61.3 cm³/mol. The molecule has 3 nitrogen and oxygen atoms in total. The number of hydrogen-bond acceptors (Lipinski definition) is 3. The topological polar surface area (TPSA) is 42.1 Å². The van der Waals surface area contributed by atoms with E-state index in [0.717, 1.165) is 6.54 Å². The van der Waals surface area contributed by atoms with Crippen molar-refractivity contribution >= 4 is 0 Å². The maximum absolute atomic E-state index is 5.70. The summed E-state index contributed by atoms with van der Waals surface area (Å²) in [5.74, 6) is 0. The third-order valence-electron chi connectivity index (χ3n) is 3.07. The molecule has 82 valence electrons. The van der Waals surface area contributed by atoms with Crippen LogP contribution < -0.4 is 5.73 Å². The summed E-state index contributed by atoms with van der Waals surface area (Å²) in [6.45, 7) is 4.09. The molecule has 1 aliphatic heterocycles. The van der Waals surface area contributed by atoms with E-state index in [-0.39, 0.29) is 0 Å². The van der Waals surface area contributed by atoms with Gasteiger partial charge in [-0.1, -0.05) is 6.42 Å². The SMILES string of the molecule is NCc1cnccc1CN1CCCCC1. The first-order valence-corrected chi connectivity index (χ1v) is 5.74. The molecule has 0 radical (unpaired) electrons. The Morgan fingerprint density at radius 2 is 2.00 bits per heavy atom. The molecule has 0 bridgehead atoms. The van der Waals surface area contributed by atoms with Crippen molar-refractivity contribution in [2.75, 3.05) is 13.1 Å². The van der Waals surface area contributed by atoms with E-state index in [9.17, 15) is 0 Å². The fourth-order valence-corrected chi connectivity index (χ4v) is 2.15. The molecule has 0 spiro atoms. The van der Waals surface area contributed by atoms with Gasteiger partial charge < -0.3 is 5.73 Å². The van der Waals surface area contributed by atoms with E-state index in [2.05, 4.69) is 16.0 Å². The van der Waals surface area contributed by atoms with Gasteiger partial charge in [0, 0.05) is 25.5 Å². The maximum atomic E-state index is 5.70. The van der Waals surface area contributed by atoms with Crippen LogP contribution in [0.5, 0.6) is 0 Å². The molecule has 0 atom stereocenters. The Labute approximate surface area is 91.3 Å². The normalized spacial score (nSPS) is 17.9. The fraction of sp³-hybridized carbons (Fsp3) is 0.583. The first-order chi connectivity index (χ1) is 7.40. The van der Waals surface area contributed by atoms with Crippen LogP contribution in [0.4, 0.5) is 0 Å². The van der Waals surface area contributed by atoms with Crippen molar-refractivity contribution in [1.82, 2.24) is 9.88 Å². The average Bonchev–Trinajstić information content (AvgIpc) is 2.31. The molecule has 2 N–H and O–H groups in total. The van der Waals surface area contributed by atoms with Crippen LogP contribution in [-0.2, 0) is 13.1 Å². The molecule has 15 heavy (non-hydrogen) atoms. The van der Waals surface area contributed by atoms with Crippen molar-refractivity contribution in [2.45, 2.75) is 32.4 Å². The fourth-order valence-electron chi connectivity index (χ4n) is 2.15. The Kier molecular flexibility index (Phi) is 3.69. The first-order valence-electron chi connectivity index (χ1n) is 5.74. The molecule has 1 saturated heterocycles. The zero-order valence-electron chi connectivity index (χ0n) is 9.15. The summed E-state index contributed by atoms with van der Waals surface area (Å²) in [4.78, 5) is 6.62. The maximum Gasteiger partial charge on any atom is 0.0316 e. The molecule has 1 fully saturated rings. The van der Waals surface area contributed by atoms with E-state index >= 15 is 0 Å². The van der Waals surface area contributed by atoms with Gasteiger partial charge in [0.05, 0.1) is 0 Å². The van der Waals surface area contributed by atoms with Gasteiger partial charge in [-0.2, -0.15) is 0 Å². The summed E-state index contributed by atoms with van der Waals surface area (Å²) < 4.78 is 0. The number of hydrogen-bond donors (Lipinski definition) is 1. The lowest BCUT2D eigenvalue weighted by atomic mass is 10.1. The van der Waals surface area contributed by atoms with E-state index in [0.29, 0.717) is 6.54 Å². The molecule has 1 aromatic heterocycles. The molecule has 2 rings (SSSR count). The van der Waals surface area contributed by atoms with Gasteiger partial charge in [0.15, 0.2) is 0 Å². The third kappa shape index (κ3) is 2.76. The van der Waals surface area contributed by atoms with E-state index in [1.165, 1.54) is 43.5 Å². The number of rotatable bonds is 3. The molecule has 0 saturated carbocycles. The molecule has 1 aliphatic rings. The number of piperidine rings is 1. The lowest BCUT2D eigenvalue weighted by molar-refractivity contribution is 0.220. The average molecular weight is 205 g/mol. The molecule has 3 heteroatoms. The molecule has 0 amide bonds. The van der Waals surface area contributed by atoms with Crippen molar-refractivity contribution < 1.29 is 0 Å². The minimum Gasteiger partial charge on any atom is -0.326 e. The van der Waals surface area contributed by atoms with Crippen LogP contribution in [0.1, 0.15) is 30.4 Å². The highest BCUT2D eigenvalue weighted by molar-refractivity contribution is 5.22. The summed E-state index contributed by atoms with van der Waals surface area (Å²) in [7, 11) is 0. The summed E-state index contributed by atoms with van der Waals surface area (Å²) >= 11 is 0. The van der Waals surface area contributed by atoms with Crippen molar-refractivity contribution in [3.05, 3.63) is 29.6 Å². The number of nitrogens with two attached hydrogens (primary N) is 1. The van der Waals surface area contributed by atoms with Crippen LogP contribution in [0.25, 0.3) is 0 Å². The number of pyridine rings is 1. The molecule has 0 aromatic carbocycles. The second kappa shape index (κ2) is 5.24. The van der Waals surface area contributed by atoms with Gasteiger partial charge in [-0.25, -0.2) is 0 Å². The van der Waals surface area contributed by atoms with E-state index < -0.39 is 0 Å². The zero-order chi connectivity index (χ0) is 10.5. The van der Waals surface area contributed by atoms with E-state index in [1.807, 2.05) is 12.4 Å². The quantitative estimate of drug-likeness (QED) is 0.813. The monoisotopic (exact) mass is 205 g/mol. The second-order valence-corrected chi connectivity index (χ2v) is 4.19. The number of aromatic nitrogens is 1. The van der Waals surface area contributed by atoms with Crippen molar-refractivity contribution in [1.29, 1.82) is 0 Å². The number of nitrogens with zero attached hydrogens (tertiary/aromatic N) is 2. The Morgan fingerprint density at radius 1 is 1.20 bits per heavy atom. The Balaban J connectivity index is 2.02. The van der Waals surface area contributed by atoms with E-state index in [4.69, 9.17) is 5.73 Å². The summed E-state index contributed by atoms with van der Waals surface area (Å²) in [6.07, 6.45) is 7.81. The van der Waals surface area contributed by atoms with Crippen LogP contribution in [0.2, 0.25) is 0 Å². The molecular weight excluding hydrogens is 186 g/mol. The Bertz CT molecular complexity index is 305. The van der Waals surface area contributed by atoms with Gasteiger partial charge in [0.25, 0.3) is 0 Å². The van der Waals surface area contributed by atoms with Crippen molar-refractivity contribution in [2.24, 2.45) is 5.73 Å². The Hall–Kier alpha value is -0.930. The lowest BCUT2D eigenvalue weighted by Crippen LogP contribution is -2.29. The van der Waals surface area contributed by atoms with Gasteiger partial charge in [-0.3, -0.25) is 9.88 Å². The van der Waals surface area contributed by atoms with Gasteiger partial charge >= 0.3 is 0 Å². The summed E-state index contributed by atoms with van der Waals surface area (Å²) in [5, 5.41) is 0. The molecule has 1 aromatic rings. The van der Waals surface area contributed by atoms with Crippen molar-refractivity contribution in [3.8, 4) is 0 Å². The minimum absolute atomic E-state index is 0.594. The van der Waals surface area contributed by atoms with Crippen molar-refractivity contribution in [3.63, 3.8) is 0 Å². The van der Waals surface area contributed by atoms with Gasteiger partial charge in [0.1, 0.15) is 0 Å². The molecule has 2 heterocycles. The molecule has 0 aliphatic carbocycles. The predicted octanol–water partition coefficient (Wildman–Crippen LogP) is 1.53. The Morgan fingerprint density at radius 3 is 2.73 bits per heavy atom. The van der Waals surface area contributed by atoms with Gasteiger partial charge in [-0.15, -0.1) is 0 Å². The zero-order valence-corrected chi connectivity index (χ0v) is 9.15. The highest BCUT2D eigenvalue weighted by Crippen LogP contribution is 2.14. The smallest absolute Gasteiger partial charge is 0.0316 e. The minimum atomic E-state index is 0.594. The largest absolute Gasteiger partial charge is 0.326 e. The number of likely N-dealkylation sites (tertiary alicyclic amines) is 1. The highest BCUT2D eigenvalue weighted by atomic mass is 15.1. The standard InChI is InChI=1S/C12H19N3/c13-8-12-9-14-5-4-11(12)10-15-6-2-1-3-7-15/h4-5,9H,1-3,6-8,10,13H2. The van der Waals surface area contributed by atoms with Gasteiger partial charge in [0.2, 0.25) is 0 Å². The highest BCUT2D eigenvalue weighted by Gasteiger charge is 2.11. The van der Waals surface area contributed by atoms with E-state index in [1.54, 1.807) is 0 Å². The third-order valence-corrected chi connectivity index (χ3v) is 3.07. The molecule has 0 unspecified atom stereocenters. The van der Waals surface area contributed by atoms with Crippen LogP contribution in [-0.4, -0.2) is 23.0 Å².